The van der Waals surface area contributed by atoms with E-state index >= 15 is 0 Å². The van der Waals surface area contributed by atoms with Crippen molar-refractivity contribution in [1.29, 1.82) is 0 Å². The molecular weight excluding hydrogens is 883 g/mol. The van der Waals surface area contributed by atoms with Gasteiger partial charge in [0.1, 0.15) is 21.3 Å². The monoisotopic (exact) mass is 922 g/mol. The highest BCUT2D eigenvalue weighted by molar-refractivity contribution is 7.89. The SMILES string of the molecule is NS(=O)(=O)c1cc(NC(=O)Cc2ccccc2Cl)ccc1OCCc1cccc(Cl)c1.NS(=O)(=O)c1cc(NC(=O)Cc2ccccc2Cl)ccc1OCCc1ccccc1. The smallest absolute Gasteiger partial charge is 0.241 e. The minimum Gasteiger partial charge on any atom is -0.492 e. The van der Waals surface area contributed by atoms with Crippen molar-refractivity contribution < 1.29 is 35.9 Å². The number of sulfonamides is 2. The summed E-state index contributed by atoms with van der Waals surface area (Å²) in [7, 11) is -8.13. The van der Waals surface area contributed by atoms with E-state index < -0.39 is 20.0 Å². The molecule has 6 rings (SSSR count). The number of benzene rings is 6. The second kappa shape index (κ2) is 21.9. The lowest BCUT2D eigenvalue weighted by atomic mass is 10.1. The van der Waals surface area contributed by atoms with Gasteiger partial charge in [0.2, 0.25) is 31.9 Å². The molecule has 17 heteroatoms. The molecule has 0 spiro atoms. The molecule has 6 aromatic carbocycles. The molecular formula is C44H41Cl3N4O8S2. The lowest BCUT2D eigenvalue weighted by Gasteiger charge is -2.13. The highest BCUT2D eigenvalue weighted by Crippen LogP contribution is 2.29. The van der Waals surface area contributed by atoms with Crippen molar-refractivity contribution in [3.63, 3.8) is 0 Å². The normalized spacial score (nSPS) is 11.2. The molecule has 12 nitrogen and oxygen atoms in total. The number of carbonyl (C=O) groups excluding carboxylic acids is 2. The summed E-state index contributed by atoms with van der Waals surface area (Å²) in [4.78, 5) is 24.3. The van der Waals surface area contributed by atoms with Crippen molar-refractivity contribution in [2.75, 3.05) is 23.8 Å². The molecule has 0 aromatic heterocycles. The lowest BCUT2D eigenvalue weighted by Crippen LogP contribution is -2.17. The van der Waals surface area contributed by atoms with E-state index in [1.807, 2.05) is 48.5 Å². The molecule has 2 amide bonds. The van der Waals surface area contributed by atoms with Gasteiger partial charge in [0.25, 0.3) is 0 Å². The molecule has 0 aliphatic carbocycles. The lowest BCUT2D eigenvalue weighted by molar-refractivity contribution is -0.116. The number of nitrogens with one attached hydrogen (secondary N) is 2. The van der Waals surface area contributed by atoms with Crippen LogP contribution in [0.5, 0.6) is 11.5 Å². The van der Waals surface area contributed by atoms with E-state index in [2.05, 4.69) is 10.6 Å². The molecule has 0 bridgehead atoms. The molecule has 6 aromatic rings. The van der Waals surface area contributed by atoms with Crippen LogP contribution in [0.4, 0.5) is 11.4 Å². The second-order valence-corrected chi connectivity index (χ2v) is 17.7. The van der Waals surface area contributed by atoms with Gasteiger partial charge < -0.3 is 20.1 Å². The van der Waals surface area contributed by atoms with Crippen molar-refractivity contribution >= 4 is 78.0 Å². The average molecular weight is 924 g/mol. The summed E-state index contributed by atoms with van der Waals surface area (Å²) in [5.41, 5.74) is 3.93. The zero-order valence-corrected chi connectivity index (χ0v) is 36.3. The molecule has 61 heavy (non-hydrogen) atoms. The van der Waals surface area contributed by atoms with Crippen molar-refractivity contribution in [3.05, 3.63) is 177 Å². The van der Waals surface area contributed by atoms with Crippen LogP contribution >= 0.6 is 34.8 Å². The standard InChI is InChI=1S/C22H20Cl2N2O4S.C22H21ClN2O4S/c23-17-6-3-4-15(12-17)10-11-30-20-9-8-18(14-21(20)31(25,28)29)26-22(27)13-16-5-1-2-7-19(16)24;23-19-9-5-4-8-17(19)14-22(26)25-18-10-11-20(21(15-18)30(24,27)28)29-13-12-16-6-2-1-3-7-16/h1-9,12,14H,10-11,13H2,(H,26,27)(H2,25,28,29);1-11,15H,12-14H2,(H,25,26)(H2,24,27,28). The maximum Gasteiger partial charge on any atom is 0.241 e. The van der Waals surface area contributed by atoms with Crippen LogP contribution in [-0.4, -0.2) is 41.9 Å². The maximum atomic E-state index is 12.3. The summed E-state index contributed by atoms with van der Waals surface area (Å²) >= 11 is 18.1. The highest BCUT2D eigenvalue weighted by atomic mass is 35.5. The van der Waals surface area contributed by atoms with E-state index in [1.165, 1.54) is 24.3 Å². The van der Waals surface area contributed by atoms with Gasteiger partial charge in [-0.25, -0.2) is 27.1 Å². The third-order valence-corrected chi connectivity index (χ3v) is 11.6. The summed E-state index contributed by atoms with van der Waals surface area (Å²) in [6.45, 7) is 0.506. The Morgan fingerprint density at radius 2 is 0.934 bits per heavy atom. The fourth-order valence-corrected chi connectivity index (χ4v) is 7.80. The Morgan fingerprint density at radius 3 is 1.38 bits per heavy atom. The summed E-state index contributed by atoms with van der Waals surface area (Å²) in [5, 5.41) is 17.6. The van der Waals surface area contributed by atoms with Crippen LogP contribution in [-0.2, 0) is 55.3 Å². The first-order valence-corrected chi connectivity index (χ1v) is 22.7. The summed E-state index contributed by atoms with van der Waals surface area (Å²) < 4.78 is 59.5. The predicted octanol–water partition coefficient (Wildman–Crippen LogP) is 8.23. The van der Waals surface area contributed by atoms with E-state index in [0.29, 0.717) is 44.7 Å². The first kappa shape index (κ1) is 46.6. The van der Waals surface area contributed by atoms with E-state index in [-0.39, 0.29) is 64.8 Å². The Hall–Kier alpha value is -5.45. The summed E-state index contributed by atoms with van der Waals surface area (Å²) in [6.07, 6.45) is 1.24. The van der Waals surface area contributed by atoms with Gasteiger partial charge in [0.05, 0.1) is 26.1 Å². The van der Waals surface area contributed by atoms with Crippen molar-refractivity contribution in [2.24, 2.45) is 10.3 Å². The van der Waals surface area contributed by atoms with Gasteiger partial charge in [-0.1, -0.05) is 114 Å². The average Bonchev–Trinajstić information content (AvgIpc) is 3.20. The van der Waals surface area contributed by atoms with Gasteiger partial charge in [-0.3, -0.25) is 9.59 Å². The molecule has 0 fully saturated rings. The fourth-order valence-electron chi connectivity index (χ4n) is 5.79. The van der Waals surface area contributed by atoms with E-state index in [0.717, 1.165) is 11.1 Å². The third kappa shape index (κ3) is 14.9. The minimum atomic E-state index is -4.08. The number of hydrogen-bond donors (Lipinski definition) is 4. The number of ether oxygens (including phenoxy) is 2. The molecule has 0 radical (unpaired) electrons. The molecule has 0 saturated heterocycles. The number of hydrogen-bond acceptors (Lipinski definition) is 8. The first-order chi connectivity index (χ1) is 29.0. The number of rotatable bonds is 16. The van der Waals surface area contributed by atoms with Crippen LogP contribution in [0.15, 0.2) is 149 Å². The van der Waals surface area contributed by atoms with Gasteiger partial charge in [-0.2, -0.15) is 0 Å². The topological polar surface area (TPSA) is 197 Å². The number of amides is 2. The Balaban J connectivity index is 0.000000231. The third-order valence-electron chi connectivity index (χ3n) is 8.71. The Labute approximate surface area is 369 Å². The van der Waals surface area contributed by atoms with Crippen molar-refractivity contribution in [1.82, 2.24) is 0 Å². The Kier molecular flexibility index (Phi) is 16.7. The Morgan fingerprint density at radius 1 is 0.508 bits per heavy atom. The molecule has 0 atom stereocenters. The second-order valence-electron chi connectivity index (χ2n) is 13.4. The van der Waals surface area contributed by atoms with Gasteiger partial charge in [-0.05, 0) is 82.9 Å². The molecule has 0 heterocycles. The predicted molar refractivity (Wildman–Crippen MR) is 239 cm³/mol. The number of halogens is 3. The zero-order valence-electron chi connectivity index (χ0n) is 32.4. The van der Waals surface area contributed by atoms with E-state index in [9.17, 15) is 26.4 Å². The van der Waals surface area contributed by atoms with E-state index in [4.69, 9.17) is 54.6 Å². The van der Waals surface area contributed by atoms with Crippen molar-refractivity contribution in [2.45, 2.75) is 35.5 Å². The summed E-state index contributed by atoms with van der Waals surface area (Å²) in [6, 6.07) is 39.6. The molecule has 0 saturated carbocycles. The van der Waals surface area contributed by atoms with Crippen LogP contribution in [0.25, 0.3) is 0 Å². The van der Waals surface area contributed by atoms with Crippen LogP contribution in [0.1, 0.15) is 22.3 Å². The van der Waals surface area contributed by atoms with Crippen LogP contribution in [0.3, 0.4) is 0 Å². The number of nitrogens with two attached hydrogens (primary N) is 2. The van der Waals surface area contributed by atoms with Gasteiger partial charge in [0, 0.05) is 39.3 Å². The van der Waals surface area contributed by atoms with Crippen LogP contribution in [0.2, 0.25) is 15.1 Å². The largest absolute Gasteiger partial charge is 0.492 e. The fraction of sp³-hybridized carbons (Fsp3) is 0.136. The number of primary sulfonamides is 2. The highest BCUT2D eigenvalue weighted by Gasteiger charge is 2.19. The molecule has 0 unspecified atom stereocenters. The number of anilines is 2. The zero-order chi connectivity index (χ0) is 44.0. The van der Waals surface area contributed by atoms with Crippen LogP contribution in [0, 0.1) is 0 Å². The van der Waals surface area contributed by atoms with E-state index in [1.54, 1.807) is 66.7 Å². The molecule has 0 aliphatic heterocycles. The molecule has 318 valence electrons. The molecule has 6 N–H and O–H groups in total. The van der Waals surface area contributed by atoms with Gasteiger partial charge in [0.15, 0.2) is 0 Å². The quantitative estimate of drug-likeness (QED) is 0.0745. The minimum absolute atomic E-state index is 0.0439. The van der Waals surface area contributed by atoms with Gasteiger partial charge in [-0.15, -0.1) is 0 Å². The maximum absolute atomic E-state index is 12.3. The first-order valence-electron chi connectivity index (χ1n) is 18.5. The van der Waals surface area contributed by atoms with Crippen LogP contribution < -0.4 is 30.4 Å². The Bertz CT molecular complexity index is 2710. The number of carbonyl (C=O) groups is 2. The molecule has 0 aliphatic rings. The van der Waals surface area contributed by atoms with Crippen molar-refractivity contribution in [3.8, 4) is 11.5 Å². The van der Waals surface area contributed by atoms with Gasteiger partial charge >= 0.3 is 0 Å². The summed E-state index contributed by atoms with van der Waals surface area (Å²) in [5.74, 6) is -0.435.